The molecule has 0 amide bonds. The zero-order valence-corrected chi connectivity index (χ0v) is 14.3. The molecular formula is C16H11BrN4OS. The first-order valence-corrected chi connectivity index (χ1v) is 8.70. The number of ether oxygens (including phenoxy) is 1. The molecule has 0 N–H and O–H groups in total. The smallest absolute Gasteiger partial charge is 0.264 e. The van der Waals surface area contributed by atoms with Crippen molar-refractivity contribution in [3.8, 4) is 11.6 Å². The van der Waals surface area contributed by atoms with Crippen molar-refractivity contribution in [1.29, 1.82) is 0 Å². The van der Waals surface area contributed by atoms with Crippen LogP contribution in [0.15, 0.2) is 64.5 Å². The zero-order chi connectivity index (χ0) is 15.6. The molecule has 114 valence electrons. The number of halogens is 1. The van der Waals surface area contributed by atoms with Crippen LogP contribution in [0.5, 0.6) is 11.6 Å². The van der Waals surface area contributed by atoms with Crippen LogP contribution in [-0.4, -0.2) is 20.8 Å². The lowest BCUT2D eigenvalue weighted by Gasteiger charge is -2.19. The van der Waals surface area contributed by atoms with Gasteiger partial charge in [0, 0.05) is 6.20 Å². The van der Waals surface area contributed by atoms with Crippen molar-refractivity contribution >= 4 is 39.2 Å². The maximum Gasteiger partial charge on any atom is 0.264 e. The summed E-state index contributed by atoms with van der Waals surface area (Å²) in [6, 6.07) is 13.5. The Morgan fingerprint density at radius 1 is 1.09 bits per heavy atom. The molecule has 0 saturated carbocycles. The second kappa shape index (κ2) is 6.17. The van der Waals surface area contributed by atoms with Crippen LogP contribution in [-0.2, 0) is 0 Å². The van der Waals surface area contributed by atoms with E-state index in [1.807, 2.05) is 42.5 Å². The van der Waals surface area contributed by atoms with E-state index in [0.29, 0.717) is 16.3 Å². The minimum absolute atomic E-state index is 0.461. The third-order valence-electron chi connectivity index (χ3n) is 3.28. The van der Waals surface area contributed by atoms with Gasteiger partial charge >= 0.3 is 0 Å². The molecule has 0 fully saturated rings. The molecule has 0 bridgehead atoms. The van der Waals surface area contributed by atoms with Gasteiger partial charge in [-0.15, -0.1) is 0 Å². The topological polar surface area (TPSA) is 51.1 Å². The molecule has 5 nitrogen and oxygen atoms in total. The lowest BCUT2D eigenvalue weighted by atomic mass is 10.3. The highest BCUT2D eigenvalue weighted by atomic mass is 79.9. The highest BCUT2D eigenvalue weighted by Crippen LogP contribution is 2.43. The Morgan fingerprint density at radius 2 is 1.96 bits per heavy atom. The summed E-state index contributed by atoms with van der Waals surface area (Å²) in [7, 11) is 0. The van der Waals surface area contributed by atoms with E-state index in [4.69, 9.17) is 4.74 Å². The van der Waals surface area contributed by atoms with Gasteiger partial charge in [-0.2, -0.15) is 0 Å². The van der Waals surface area contributed by atoms with E-state index in [-0.39, 0.29) is 0 Å². The number of para-hydroxylation sites is 1. The lowest BCUT2D eigenvalue weighted by Crippen LogP contribution is -2.15. The minimum atomic E-state index is 0.461. The van der Waals surface area contributed by atoms with Crippen LogP contribution in [0, 0.1) is 0 Å². The number of hydrogen-bond donors (Lipinski definition) is 0. The second-order valence-electron chi connectivity index (χ2n) is 4.77. The van der Waals surface area contributed by atoms with Gasteiger partial charge in [0.2, 0.25) is 0 Å². The van der Waals surface area contributed by atoms with Gasteiger partial charge < -0.3 is 9.64 Å². The Morgan fingerprint density at radius 3 is 2.83 bits per heavy atom. The van der Waals surface area contributed by atoms with Gasteiger partial charge in [-0.05, 0) is 40.2 Å². The SMILES string of the molecule is Brc1cnc(N2CSc3ncccc32)c(Oc2ccccc2)n1. The van der Waals surface area contributed by atoms with Crippen molar-refractivity contribution < 1.29 is 4.74 Å². The highest BCUT2D eigenvalue weighted by molar-refractivity contribution is 9.10. The summed E-state index contributed by atoms with van der Waals surface area (Å²) in [5, 5.41) is 0.989. The second-order valence-corrected chi connectivity index (χ2v) is 6.51. The molecule has 0 atom stereocenters. The van der Waals surface area contributed by atoms with Crippen molar-refractivity contribution in [2.45, 2.75) is 5.03 Å². The molecule has 0 spiro atoms. The number of anilines is 2. The van der Waals surface area contributed by atoms with E-state index in [1.54, 1.807) is 24.2 Å². The van der Waals surface area contributed by atoms with Gasteiger partial charge in [0.25, 0.3) is 5.88 Å². The molecule has 1 aliphatic rings. The maximum atomic E-state index is 5.94. The van der Waals surface area contributed by atoms with E-state index >= 15 is 0 Å². The zero-order valence-electron chi connectivity index (χ0n) is 11.9. The van der Waals surface area contributed by atoms with Gasteiger partial charge in [-0.25, -0.2) is 15.0 Å². The van der Waals surface area contributed by atoms with Crippen LogP contribution < -0.4 is 9.64 Å². The third kappa shape index (κ3) is 2.89. The fourth-order valence-electron chi connectivity index (χ4n) is 2.27. The Labute approximate surface area is 145 Å². The molecule has 0 saturated heterocycles. The van der Waals surface area contributed by atoms with Crippen LogP contribution in [0.3, 0.4) is 0 Å². The number of benzene rings is 1. The van der Waals surface area contributed by atoms with Crippen molar-refractivity contribution in [2.24, 2.45) is 0 Å². The summed E-state index contributed by atoms with van der Waals surface area (Å²) in [5.41, 5.74) is 1.02. The average molecular weight is 387 g/mol. The van der Waals surface area contributed by atoms with Crippen LogP contribution in [0.2, 0.25) is 0 Å². The Bertz CT molecular complexity index is 846. The predicted molar refractivity (Wildman–Crippen MR) is 93.3 cm³/mol. The fraction of sp³-hybridized carbons (Fsp3) is 0.0625. The molecular weight excluding hydrogens is 376 g/mol. The molecule has 0 aliphatic carbocycles. The monoisotopic (exact) mass is 386 g/mol. The van der Waals surface area contributed by atoms with Crippen molar-refractivity contribution in [1.82, 2.24) is 15.0 Å². The average Bonchev–Trinajstić information content (AvgIpc) is 3.00. The normalized spacial score (nSPS) is 13.0. The first-order chi connectivity index (χ1) is 11.3. The van der Waals surface area contributed by atoms with E-state index in [1.165, 1.54) is 0 Å². The lowest BCUT2D eigenvalue weighted by molar-refractivity contribution is 0.460. The largest absolute Gasteiger partial charge is 0.436 e. The predicted octanol–water partition coefficient (Wildman–Crippen LogP) is 4.63. The standard InChI is InChI=1S/C16H11BrN4OS/c17-13-9-19-14(15(20-13)22-11-5-2-1-3-6-11)21-10-23-16-12(21)7-4-8-18-16/h1-9H,10H2. The quantitative estimate of drug-likeness (QED) is 0.653. The number of aromatic nitrogens is 3. The number of hydrogen-bond acceptors (Lipinski definition) is 6. The van der Waals surface area contributed by atoms with Crippen LogP contribution in [0.25, 0.3) is 0 Å². The molecule has 3 heterocycles. The van der Waals surface area contributed by atoms with Gasteiger partial charge in [-0.3, -0.25) is 0 Å². The molecule has 4 rings (SSSR count). The molecule has 0 unspecified atom stereocenters. The summed E-state index contributed by atoms with van der Waals surface area (Å²) in [4.78, 5) is 15.4. The van der Waals surface area contributed by atoms with E-state index < -0.39 is 0 Å². The number of fused-ring (bicyclic) bond motifs is 1. The van der Waals surface area contributed by atoms with E-state index in [9.17, 15) is 0 Å². The molecule has 3 aromatic rings. The number of nitrogens with zero attached hydrogens (tertiary/aromatic N) is 4. The van der Waals surface area contributed by atoms with Crippen molar-refractivity contribution in [3.05, 3.63) is 59.5 Å². The first kappa shape index (κ1) is 14.5. The molecule has 0 radical (unpaired) electrons. The third-order valence-corrected chi connectivity index (χ3v) is 4.64. The van der Waals surface area contributed by atoms with Crippen molar-refractivity contribution in [2.75, 3.05) is 10.8 Å². The van der Waals surface area contributed by atoms with Gasteiger partial charge in [0.15, 0.2) is 5.82 Å². The van der Waals surface area contributed by atoms with Crippen LogP contribution in [0.1, 0.15) is 0 Å². The Hall–Kier alpha value is -2.12. The number of pyridine rings is 1. The number of thioether (sulfide) groups is 1. The van der Waals surface area contributed by atoms with Crippen LogP contribution in [0.4, 0.5) is 11.5 Å². The molecule has 23 heavy (non-hydrogen) atoms. The molecule has 1 aliphatic heterocycles. The van der Waals surface area contributed by atoms with Gasteiger partial charge in [0.1, 0.15) is 15.4 Å². The Kier molecular flexibility index (Phi) is 3.88. The highest BCUT2D eigenvalue weighted by Gasteiger charge is 2.26. The fourth-order valence-corrected chi connectivity index (χ4v) is 3.51. The molecule has 7 heteroatoms. The maximum absolute atomic E-state index is 5.94. The molecule has 2 aromatic heterocycles. The summed E-state index contributed by atoms with van der Waals surface area (Å²) in [5.74, 6) is 2.59. The van der Waals surface area contributed by atoms with Gasteiger partial charge in [0.05, 0.1) is 17.8 Å². The summed E-state index contributed by atoms with van der Waals surface area (Å²) >= 11 is 5.03. The van der Waals surface area contributed by atoms with Crippen molar-refractivity contribution in [3.63, 3.8) is 0 Å². The Balaban J connectivity index is 1.75. The van der Waals surface area contributed by atoms with E-state index in [0.717, 1.165) is 22.3 Å². The minimum Gasteiger partial charge on any atom is -0.436 e. The first-order valence-electron chi connectivity index (χ1n) is 6.92. The van der Waals surface area contributed by atoms with Gasteiger partial charge in [-0.1, -0.05) is 30.0 Å². The van der Waals surface area contributed by atoms with E-state index in [2.05, 4.69) is 35.8 Å². The van der Waals surface area contributed by atoms with Crippen LogP contribution >= 0.6 is 27.7 Å². The summed E-state index contributed by atoms with van der Waals surface area (Å²) in [6.45, 7) is 0. The summed E-state index contributed by atoms with van der Waals surface area (Å²) < 4.78 is 6.57. The number of rotatable bonds is 3. The molecule has 1 aromatic carbocycles. The summed E-state index contributed by atoms with van der Waals surface area (Å²) in [6.07, 6.45) is 3.47.